The largest absolute Gasteiger partial charge is 0.396 e. The number of unbranched alkanes of at least 4 members (excludes halogenated alkanes) is 1. The zero-order valence-electron chi connectivity index (χ0n) is 11.1. The number of benzene rings is 1. The van der Waals surface area contributed by atoms with Crippen molar-refractivity contribution in [1.29, 1.82) is 0 Å². The monoisotopic (exact) mass is 247 g/mol. The van der Waals surface area contributed by atoms with Crippen LogP contribution in [-0.4, -0.2) is 21.3 Å². The van der Waals surface area contributed by atoms with Gasteiger partial charge >= 0.3 is 0 Å². The van der Waals surface area contributed by atoms with E-state index in [0.717, 1.165) is 41.7 Å². The van der Waals surface area contributed by atoms with Crippen molar-refractivity contribution in [3.8, 4) is 0 Å². The van der Waals surface area contributed by atoms with Crippen molar-refractivity contribution in [2.75, 3.05) is 6.61 Å². The Morgan fingerprint density at radius 2 is 2.17 bits per heavy atom. The third kappa shape index (κ3) is 2.54. The number of nitrogens with two attached hydrogens (primary N) is 1. The Labute approximate surface area is 107 Å². The molecule has 0 amide bonds. The van der Waals surface area contributed by atoms with Gasteiger partial charge in [-0.3, -0.25) is 0 Å². The van der Waals surface area contributed by atoms with E-state index in [1.54, 1.807) is 0 Å². The van der Waals surface area contributed by atoms with Crippen LogP contribution < -0.4 is 5.73 Å². The topological polar surface area (TPSA) is 64.1 Å². The Morgan fingerprint density at radius 1 is 1.39 bits per heavy atom. The van der Waals surface area contributed by atoms with Gasteiger partial charge in [-0.2, -0.15) is 0 Å². The van der Waals surface area contributed by atoms with Crippen LogP contribution in [0.3, 0.4) is 0 Å². The van der Waals surface area contributed by atoms with E-state index in [0.29, 0.717) is 0 Å². The molecule has 0 fully saturated rings. The lowest BCUT2D eigenvalue weighted by Crippen LogP contribution is -2.10. The first kappa shape index (κ1) is 13.1. The van der Waals surface area contributed by atoms with E-state index >= 15 is 0 Å². The van der Waals surface area contributed by atoms with Crippen LogP contribution in [0.1, 0.15) is 36.7 Å². The summed E-state index contributed by atoms with van der Waals surface area (Å²) >= 11 is 0. The average molecular weight is 247 g/mol. The normalized spacial score (nSPS) is 13.1. The van der Waals surface area contributed by atoms with Crippen LogP contribution in [0.25, 0.3) is 11.0 Å². The van der Waals surface area contributed by atoms with Gasteiger partial charge in [0, 0.05) is 19.7 Å². The number of hydrogen-bond donors (Lipinski definition) is 2. The minimum Gasteiger partial charge on any atom is -0.396 e. The summed E-state index contributed by atoms with van der Waals surface area (Å²) in [7, 11) is 2.02. The molecule has 0 aliphatic rings. The summed E-state index contributed by atoms with van der Waals surface area (Å²) in [5.74, 6) is 1.01. The highest BCUT2D eigenvalue weighted by molar-refractivity contribution is 5.76. The van der Waals surface area contributed by atoms with Crippen molar-refractivity contribution in [3.05, 3.63) is 29.6 Å². The predicted octanol–water partition coefficient (Wildman–Crippen LogP) is 2.04. The number of hydrogen-bond acceptors (Lipinski definition) is 3. The van der Waals surface area contributed by atoms with E-state index < -0.39 is 0 Å². The molecular formula is C14H21N3O. The number of aromatic nitrogens is 2. The van der Waals surface area contributed by atoms with Gasteiger partial charge in [0.15, 0.2) is 0 Å². The fraction of sp³-hybridized carbons (Fsp3) is 0.500. The van der Waals surface area contributed by atoms with Crippen LogP contribution >= 0.6 is 0 Å². The van der Waals surface area contributed by atoms with E-state index in [4.69, 9.17) is 10.8 Å². The lowest BCUT2D eigenvalue weighted by molar-refractivity contribution is 0.281. The molecule has 2 rings (SSSR count). The number of aliphatic hydroxyl groups excluding tert-OH is 1. The van der Waals surface area contributed by atoms with Gasteiger partial charge in [-0.05, 0) is 43.9 Å². The molecule has 0 spiro atoms. The van der Waals surface area contributed by atoms with Gasteiger partial charge in [0.1, 0.15) is 5.82 Å². The Bertz CT molecular complexity index is 533. The van der Waals surface area contributed by atoms with Crippen LogP contribution in [0.5, 0.6) is 0 Å². The van der Waals surface area contributed by atoms with Crippen molar-refractivity contribution < 1.29 is 5.11 Å². The number of aliphatic hydroxyl groups is 1. The summed E-state index contributed by atoms with van der Waals surface area (Å²) in [6, 6.07) is 6.26. The molecular weight excluding hydrogens is 226 g/mol. The molecule has 0 saturated heterocycles. The van der Waals surface area contributed by atoms with E-state index in [1.165, 1.54) is 0 Å². The van der Waals surface area contributed by atoms with Crippen LogP contribution in [-0.2, 0) is 7.05 Å². The second-order valence-corrected chi connectivity index (χ2v) is 4.79. The lowest BCUT2D eigenvalue weighted by atomic mass is 10.0. The Morgan fingerprint density at radius 3 is 2.89 bits per heavy atom. The number of imidazole rings is 1. The van der Waals surface area contributed by atoms with E-state index in [9.17, 15) is 0 Å². The minimum absolute atomic E-state index is 0.0308. The Kier molecular flexibility index (Phi) is 3.99. The first-order valence-corrected chi connectivity index (χ1v) is 6.43. The molecule has 4 heteroatoms. The summed E-state index contributed by atoms with van der Waals surface area (Å²) in [4.78, 5) is 4.52. The summed E-state index contributed by atoms with van der Waals surface area (Å²) < 4.78 is 2.08. The minimum atomic E-state index is 0.0308. The molecule has 0 aliphatic carbocycles. The fourth-order valence-corrected chi connectivity index (χ4v) is 2.21. The number of aryl methyl sites for hydroxylation is 2. The highest BCUT2D eigenvalue weighted by atomic mass is 16.2. The number of fused-ring (bicyclic) bond motifs is 1. The van der Waals surface area contributed by atoms with Gasteiger partial charge in [0.25, 0.3) is 0 Å². The van der Waals surface area contributed by atoms with Crippen molar-refractivity contribution in [2.45, 2.75) is 32.2 Å². The third-order valence-electron chi connectivity index (χ3n) is 3.48. The highest BCUT2D eigenvalue weighted by Gasteiger charge is 2.09. The Balaban J connectivity index is 2.19. The van der Waals surface area contributed by atoms with Crippen LogP contribution in [0, 0.1) is 6.92 Å². The maximum atomic E-state index is 8.77. The summed E-state index contributed by atoms with van der Waals surface area (Å²) in [5.41, 5.74) is 9.42. The zero-order chi connectivity index (χ0) is 13.1. The maximum Gasteiger partial charge on any atom is 0.106 e. The molecule has 1 heterocycles. The summed E-state index contributed by atoms with van der Waals surface area (Å²) in [5, 5.41) is 8.77. The Hall–Kier alpha value is -1.39. The first-order valence-electron chi connectivity index (χ1n) is 6.43. The first-order chi connectivity index (χ1) is 8.63. The number of rotatable bonds is 5. The zero-order valence-corrected chi connectivity index (χ0v) is 11.1. The molecule has 98 valence electrons. The molecule has 18 heavy (non-hydrogen) atoms. The predicted molar refractivity (Wildman–Crippen MR) is 73.3 cm³/mol. The van der Waals surface area contributed by atoms with Crippen molar-refractivity contribution in [3.63, 3.8) is 0 Å². The van der Waals surface area contributed by atoms with Gasteiger partial charge in [-0.1, -0.05) is 6.07 Å². The molecule has 0 radical (unpaired) electrons. The summed E-state index contributed by atoms with van der Waals surface area (Å²) in [6.07, 6.45) is 2.67. The summed E-state index contributed by atoms with van der Waals surface area (Å²) in [6.45, 7) is 2.24. The fourth-order valence-electron chi connectivity index (χ4n) is 2.21. The van der Waals surface area contributed by atoms with Crippen LogP contribution in [0.2, 0.25) is 0 Å². The van der Waals surface area contributed by atoms with Crippen LogP contribution in [0.15, 0.2) is 18.2 Å². The van der Waals surface area contributed by atoms with Gasteiger partial charge in [-0.15, -0.1) is 0 Å². The second-order valence-electron chi connectivity index (χ2n) is 4.79. The quantitative estimate of drug-likeness (QED) is 0.795. The van der Waals surface area contributed by atoms with Crippen molar-refractivity contribution in [2.24, 2.45) is 12.8 Å². The van der Waals surface area contributed by atoms with Gasteiger partial charge in [-0.25, -0.2) is 4.98 Å². The molecule has 1 atom stereocenters. The SMILES string of the molecule is Cc1nc2cc(C(N)CCCCO)ccc2n1C. The molecule has 3 N–H and O–H groups in total. The molecule has 0 saturated carbocycles. The molecule has 1 aromatic heterocycles. The van der Waals surface area contributed by atoms with Gasteiger partial charge < -0.3 is 15.4 Å². The third-order valence-corrected chi connectivity index (χ3v) is 3.48. The molecule has 1 aromatic carbocycles. The van der Waals surface area contributed by atoms with E-state index in [1.807, 2.05) is 14.0 Å². The van der Waals surface area contributed by atoms with Crippen molar-refractivity contribution >= 4 is 11.0 Å². The second kappa shape index (κ2) is 5.50. The molecule has 1 unspecified atom stereocenters. The van der Waals surface area contributed by atoms with Crippen molar-refractivity contribution in [1.82, 2.24) is 9.55 Å². The van der Waals surface area contributed by atoms with E-state index in [-0.39, 0.29) is 12.6 Å². The van der Waals surface area contributed by atoms with Crippen LogP contribution in [0.4, 0.5) is 0 Å². The molecule has 0 aliphatic heterocycles. The lowest BCUT2D eigenvalue weighted by Gasteiger charge is -2.11. The maximum absolute atomic E-state index is 8.77. The highest BCUT2D eigenvalue weighted by Crippen LogP contribution is 2.22. The molecule has 0 bridgehead atoms. The average Bonchev–Trinajstić information content (AvgIpc) is 2.65. The number of nitrogens with zero attached hydrogens (tertiary/aromatic N) is 2. The van der Waals surface area contributed by atoms with E-state index in [2.05, 4.69) is 27.8 Å². The van der Waals surface area contributed by atoms with Gasteiger partial charge in [0.05, 0.1) is 11.0 Å². The van der Waals surface area contributed by atoms with Gasteiger partial charge in [0.2, 0.25) is 0 Å². The molecule has 2 aromatic rings. The smallest absolute Gasteiger partial charge is 0.106 e. The standard InChI is InChI=1S/C14H21N3O/c1-10-16-13-9-11(6-7-14(13)17(10)2)12(15)5-3-4-8-18/h6-7,9,12,18H,3-5,8,15H2,1-2H3. The molecule has 4 nitrogen and oxygen atoms in total.